The van der Waals surface area contributed by atoms with Crippen molar-refractivity contribution >= 4 is 5.69 Å². The molecule has 0 amide bonds. The summed E-state index contributed by atoms with van der Waals surface area (Å²) in [5, 5.41) is 0. The highest BCUT2D eigenvalue weighted by atomic mass is 16.1. The Kier molecular flexibility index (Phi) is 4.63. The van der Waals surface area contributed by atoms with Gasteiger partial charge in [-0.1, -0.05) is 19.3 Å². The normalized spacial score (nSPS) is 26.5. The van der Waals surface area contributed by atoms with Crippen molar-refractivity contribution in [3.05, 3.63) is 28.7 Å². The maximum Gasteiger partial charge on any atom is 0.250 e. The summed E-state index contributed by atoms with van der Waals surface area (Å²) >= 11 is 0. The van der Waals surface area contributed by atoms with Gasteiger partial charge < -0.3 is 15.2 Å². The van der Waals surface area contributed by atoms with Crippen molar-refractivity contribution in [2.75, 3.05) is 25.4 Å². The van der Waals surface area contributed by atoms with Gasteiger partial charge in [-0.05, 0) is 50.3 Å². The van der Waals surface area contributed by atoms with Gasteiger partial charge in [-0.25, -0.2) is 0 Å². The van der Waals surface area contributed by atoms with E-state index in [-0.39, 0.29) is 5.56 Å². The van der Waals surface area contributed by atoms with E-state index in [9.17, 15) is 4.79 Å². The number of nitrogens with two attached hydrogens (primary N) is 1. The minimum atomic E-state index is 0.0511. The summed E-state index contributed by atoms with van der Waals surface area (Å²) in [6.07, 6.45) is 9.92. The molecular weight excluding hydrogens is 262 g/mol. The monoisotopic (exact) mass is 289 g/mol. The zero-order valence-electron chi connectivity index (χ0n) is 12.8. The van der Waals surface area contributed by atoms with E-state index >= 15 is 0 Å². The molecule has 116 valence electrons. The van der Waals surface area contributed by atoms with Gasteiger partial charge in [0.1, 0.15) is 0 Å². The fourth-order valence-corrected chi connectivity index (χ4v) is 4.07. The van der Waals surface area contributed by atoms with Gasteiger partial charge >= 0.3 is 0 Å². The maximum absolute atomic E-state index is 11.7. The predicted molar refractivity (Wildman–Crippen MR) is 86.2 cm³/mol. The van der Waals surface area contributed by atoms with Gasteiger partial charge in [0.25, 0.3) is 5.56 Å². The number of aromatic nitrogens is 1. The lowest BCUT2D eigenvalue weighted by atomic mass is 9.75. The molecule has 2 unspecified atom stereocenters. The molecule has 1 saturated carbocycles. The van der Waals surface area contributed by atoms with Crippen molar-refractivity contribution in [3.8, 4) is 0 Å². The molecule has 0 spiro atoms. The van der Waals surface area contributed by atoms with Gasteiger partial charge in [0.05, 0.1) is 0 Å². The summed E-state index contributed by atoms with van der Waals surface area (Å²) in [6.45, 7) is 4.39. The minimum Gasteiger partial charge on any atom is -0.398 e. The average Bonchev–Trinajstić information content (AvgIpc) is 2.50. The molecule has 1 aliphatic heterocycles. The van der Waals surface area contributed by atoms with E-state index < -0.39 is 0 Å². The van der Waals surface area contributed by atoms with Crippen LogP contribution in [0.3, 0.4) is 0 Å². The molecule has 2 heterocycles. The lowest BCUT2D eigenvalue weighted by Gasteiger charge is -2.41. The van der Waals surface area contributed by atoms with Gasteiger partial charge in [0.2, 0.25) is 0 Å². The van der Waals surface area contributed by atoms with Gasteiger partial charge in [0.15, 0.2) is 0 Å². The molecule has 0 bridgehead atoms. The van der Waals surface area contributed by atoms with Gasteiger partial charge in [0, 0.05) is 31.0 Å². The van der Waals surface area contributed by atoms with Crippen LogP contribution in [-0.4, -0.2) is 29.1 Å². The largest absolute Gasteiger partial charge is 0.398 e. The summed E-state index contributed by atoms with van der Waals surface area (Å²) < 4.78 is 1.74. The molecule has 0 radical (unpaired) electrons. The van der Waals surface area contributed by atoms with Crippen LogP contribution in [0.15, 0.2) is 23.1 Å². The fraction of sp³-hybridized carbons (Fsp3) is 0.706. The number of likely N-dealkylation sites (tertiary alicyclic amines) is 1. The number of anilines is 1. The number of nitrogen functional groups attached to an aromatic ring is 1. The molecule has 2 N–H and O–H groups in total. The quantitative estimate of drug-likeness (QED) is 0.925. The van der Waals surface area contributed by atoms with Crippen LogP contribution in [0.4, 0.5) is 5.69 Å². The van der Waals surface area contributed by atoms with E-state index in [0.29, 0.717) is 5.69 Å². The molecule has 1 aromatic heterocycles. The number of rotatable bonds is 4. The Morgan fingerprint density at radius 3 is 2.76 bits per heavy atom. The summed E-state index contributed by atoms with van der Waals surface area (Å²) in [5.41, 5.74) is 6.46. The second kappa shape index (κ2) is 6.65. The van der Waals surface area contributed by atoms with E-state index in [2.05, 4.69) is 4.90 Å². The molecule has 4 nitrogen and oxygen atoms in total. The van der Waals surface area contributed by atoms with Gasteiger partial charge in [-0.3, -0.25) is 4.79 Å². The van der Waals surface area contributed by atoms with E-state index in [1.54, 1.807) is 22.9 Å². The number of hydrogen-bond donors (Lipinski definition) is 1. The highest BCUT2D eigenvalue weighted by Gasteiger charge is 2.30. The van der Waals surface area contributed by atoms with Crippen molar-refractivity contribution in [1.82, 2.24) is 9.47 Å². The second-order valence-electron chi connectivity index (χ2n) is 6.74. The van der Waals surface area contributed by atoms with E-state index in [0.717, 1.165) is 31.3 Å². The summed E-state index contributed by atoms with van der Waals surface area (Å²) in [4.78, 5) is 14.3. The Morgan fingerprint density at radius 2 is 1.90 bits per heavy atom. The molecule has 1 saturated heterocycles. The molecule has 3 rings (SSSR count). The van der Waals surface area contributed by atoms with Gasteiger partial charge in [-0.15, -0.1) is 0 Å². The zero-order chi connectivity index (χ0) is 14.7. The standard InChI is InChI=1S/C17H27N3O/c18-16-6-7-17(21)20(13-16)10-3-9-19-11-8-14-4-1-2-5-15(14)12-19/h6-7,13-15H,1-5,8-12,18H2. The summed E-state index contributed by atoms with van der Waals surface area (Å²) in [5.74, 6) is 1.93. The molecule has 2 atom stereocenters. The molecule has 2 aliphatic rings. The topological polar surface area (TPSA) is 51.3 Å². The zero-order valence-corrected chi connectivity index (χ0v) is 12.8. The lowest BCUT2D eigenvalue weighted by Crippen LogP contribution is -2.42. The number of aryl methyl sites for hydroxylation is 1. The van der Waals surface area contributed by atoms with Crippen molar-refractivity contribution < 1.29 is 0 Å². The van der Waals surface area contributed by atoms with Crippen molar-refractivity contribution in [2.45, 2.75) is 45.1 Å². The van der Waals surface area contributed by atoms with Crippen LogP contribution in [0, 0.1) is 11.8 Å². The first-order valence-electron chi connectivity index (χ1n) is 8.41. The summed E-state index contributed by atoms with van der Waals surface area (Å²) in [7, 11) is 0. The molecule has 1 aromatic rings. The smallest absolute Gasteiger partial charge is 0.250 e. The number of pyridine rings is 1. The molecular formula is C17H27N3O. The third kappa shape index (κ3) is 3.67. The number of hydrogen-bond acceptors (Lipinski definition) is 3. The highest BCUT2D eigenvalue weighted by molar-refractivity contribution is 5.33. The van der Waals surface area contributed by atoms with Crippen LogP contribution in [0.25, 0.3) is 0 Å². The third-order valence-electron chi connectivity index (χ3n) is 5.26. The molecule has 2 fully saturated rings. The van der Waals surface area contributed by atoms with E-state index in [1.807, 2.05) is 0 Å². The van der Waals surface area contributed by atoms with Crippen molar-refractivity contribution in [3.63, 3.8) is 0 Å². The van der Waals surface area contributed by atoms with E-state index in [1.165, 1.54) is 45.2 Å². The summed E-state index contributed by atoms with van der Waals surface area (Å²) in [6, 6.07) is 3.23. The van der Waals surface area contributed by atoms with Crippen LogP contribution >= 0.6 is 0 Å². The molecule has 21 heavy (non-hydrogen) atoms. The van der Waals surface area contributed by atoms with Gasteiger partial charge in [-0.2, -0.15) is 0 Å². The first kappa shape index (κ1) is 14.6. The van der Waals surface area contributed by atoms with Crippen molar-refractivity contribution in [2.24, 2.45) is 11.8 Å². The molecule has 1 aliphatic carbocycles. The average molecular weight is 289 g/mol. The van der Waals surface area contributed by atoms with Crippen LogP contribution in [0.5, 0.6) is 0 Å². The Hall–Kier alpha value is -1.29. The molecule has 0 aromatic carbocycles. The number of piperidine rings is 1. The van der Waals surface area contributed by atoms with Crippen LogP contribution in [0.1, 0.15) is 38.5 Å². The SMILES string of the molecule is Nc1ccc(=O)n(CCCN2CCC3CCCCC3C2)c1. The lowest BCUT2D eigenvalue weighted by molar-refractivity contribution is 0.0852. The van der Waals surface area contributed by atoms with Crippen LogP contribution < -0.4 is 11.3 Å². The fourth-order valence-electron chi connectivity index (χ4n) is 4.07. The second-order valence-corrected chi connectivity index (χ2v) is 6.74. The Balaban J connectivity index is 1.47. The highest BCUT2D eigenvalue weighted by Crippen LogP contribution is 2.35. The minimum absolute atomic E-state index is 0.0511. The third-order valence-corrected chi connectivity index (χ3v) is 5.26. The predicted octanol–water partition coefficient (Wildman–Crippen LogP) is 2.33. The van der Waals surface area contributed by atoms with E-state index in [4.69, 9.17) is 5.73 Å². The van der Waals surface area contributed by atoms with Crippen LogP contribution in [-0.2, 0) is 6.54 Å². The van der Waals surface area contributed by atoms with Crippen LogP contribution in [0.2, 0.25) is 0 Å². The first-order valence-corrected chi connectivity index (χ1v) is 8.41. The Labute approximate surface area is 126 Å². The first-order chi connectivity index (χ1) is 10.2. The van der Waals surface area contributed by atoms with Crippen molar-refractivity contribution in [1.29, 1.82) is 0 Å². The Bertz CT molecular complexity index is 525. The maximum atomic E-state index is 11.7. The Morgan fingerprint density at radius 1 is 1.10 bits per heavy atom. The molecule has 4 heteroatoms. The number of nitrogens with zero attached hydrogens (tertiary/aromatic N) is 2. The number of fused-ring (bicyclic) bond motifs is 1.